The average Bonchev–Trinajstić information content (AvgIpc) is 3.71. The minimum absolute atomic E-state index is 0.960. The summed E-state index contributed by atoms with van der Waals surface area (Å²) in [6.07, 6.45) is 1.89. The third-order valence-electron chi connectivity index (χ3n) is 10.00. The van der Waals surface area contributed by atoms with E-state index in [-0.39, 0.29) is 0 Å². The topological polar surface area (TPSA) is 22.8 Å². The molecule has 0 fully saturated rings. The van der Waals surface area contributed by atoms with E-state index >= 15 is 0 Å². The molecule has 0 bridgehead atoms. The number of pyridine rings is 1. The molecule has 0 atom stereocenters. The van der Waals surface area contributed by atoms with Crippen LogP contribution in [0.5, 0.6) is 0 Å². The van der Waals surface area contributed by atoms with Crippen molar-refractivity contribution < 1.29 is 0 Å². The lowest BCUT2D eigenvalue weighted by Crippen LogP contribution is -1.96. The van der Waals surface area contributed by atoms with Gasteiger partial charge in [0.15, 0.2) is 0 Å². The zero-order chi connectivity index (χ0) is 33.0. The van der Waals surface area contributed by atoms with Crippen LogP contribution in [0.15, 0.2) is 188 Å². The molecule has 3 heterocycles. The zero-order valence-electron chi connectivity index (χ0n) is 27.2. The number of rotatable bonds is 5. The van der Waals surface area contributed by atoms with Gasteiger partial charge in [0.2, 0.25) is 0 Å². The van der Waals surface area contributed by atoms with Gasteiger partial charge in [-0.3, -0.25) is 4.57 Å². The average molecular weight is 638 g/mol. The predicted octanol–water partition coefficient (Wildman–Crippen LogP) is 12.3. The Hall–Kier alpha value is -6.71. The highest BCUT2D eigenvalue weighted by Crippen LogP contribution is 2.38. The Morgan fingerprint density at radius 3 is 1.36 bits per heavy atom. The van der Waals surface area contributed by atoms with Gasteiger partial charge in [0, 0.05) is 39.1 Å². The molecule has 0 radical (unpaired) electrons. The monoisotopic (exact) mass is 637 g/mol. The quantitative estimate of drug-likeness (QED) is 0.184. The van der Waals surface area contributed by atoms with Crippen molar-refractivity contribution in [3.05, 3.63) is 188 Å². The highest BCUT2D eigenvalue weighted by Gasteiger charge is 2.17. The number of para-hydroxylation sites is 1. The summed E-state index contributed by atoms with van der Waals surface area (Å²) in [4.78, 5) is 4.87. The summed E-state index contributed by atoms with van der Waals surface area (Å²) in [6.45, 7) is 0. The summed E-state index contributed by atoms with van der Waals surface area (Å²) >= 11 is 0. The van der Waals surface area contributed by atoms with Crippen molar-refractivity contribution in [2.75, 3.05) is 0 Å². The van der Waals surface area contributed by atoms with E-state index in [1.807, 2.05) is 12.3 Å². The first kappa shape index (κ1) is 28.3. The van der Waals surface area contributed by atoms with E-state index in [1.165, 1.54) is 60.6 Å². The van der Waals surface area contributed by atoms with E-state index in [0.717, 1.165) is 27.9 Å². The molecule has 3 heteroatoms. The number of aromatic nitrogens is 3. The van der Waals surface area contributed by atoms with Crippen molar-refractivity contribution >= 4 is 43.7 Å². The van der Waals surface area contributed by atoms with Crippen molar-refractivity contribution in [3.63, 3.8) is 0 Å². The molecule has 0 saturated carbocycles. The molecule has 0 unspecified atom stereocenters. The molecule has 0 amide bonds. The number of hydrogen-bond donors (Lipinski definition) is 0. The van der Waals surface area contributed by atoms with E-state index in [0.29, 0.717) is 0 Å². The third-order valence-corrected chi connectivity index (χ3v) is 10.00. The molecule has 0 aliphatic carbocycles. The Labute approximate surface area is 290 Å². The maximum Gasteiger partial charge on any atom is 0.145 e. The number of benzene rings is 7. The molecule has 50 heavy (non-hydrogen) atoms. The molecule has 10 rings (SSSR count). The van der Waals surface area contributed by atoms with E-state index in [9.17, 15) is 0 Å². The minimum atomic E-state index is 0.960. The Kier molecular flexibility index (Phi) is 6.49. The van der Waals surface area contributed by atoms with Crippen molar-refractivity contribution in [2.24, 2.45) is 0 Å². The highest BCUT2D eigenvalue weighted by molar-refractivity contribution is 6.11. The summed E-state index contributed by atoms with van der Waals surface area (Å²) in [7, 11) is 0. The lowest BCUT2D eigenvalue weighted by atomic mass is 10.0. The molecule has 3 nitrogen and oxygen atoms in total. The molecule has 0 aliphatic heterocycles. The van der Waals surface area contributed by atoms with E-state index in [1.54, 1.807) is 0 Å². The fourth-order valence-corrected chi connectivity index (χ4v) is 7.58. The van der Waals surface area contributed by atoms with Crippen LogP contribution in [0.3, 0.4) is 0 Å². The van der Waals surface area contributed by atoms with E-state index in [4.69, 9.17) is 4.98 Å². The summed E-state index contributed by atoms with van der Waals surface area (Å²) in [6, 6.07) is 65.5. The molecule has 0 aliphatic rings. The smallest absolute Gasteiger partial charge is 0.145 e. The van der Waals surface area contributed by atoms with E-state index < -0.39 is 0 Å². The first-order valence-electron chi connectivity index (χ1n) is 17.0. The van der Waals surface area contributed by atoms with Crippen LogP contribution in [-0.4, -0.2) is 14.1 Å². The van der Waals surface area contributed by atoms with Gasteiger partial charge in [-0.1, -0.05) is 127 Å². The van der Waals surface area contributed by atoms with Crippen LogP contribution in [-0.2, 0) is 0 Å². The van der Waals surface area contributed by atoms with Crippen LogP contribution < -0.4 is 0 Å². The maximum atomic E-state index is 4.87. The normalized spacial score (nSPS) is 11.6. The first-order chi connectivity index (χ1) is 24.8. The van der Waals surface area contributed by atoms with Crippen molar-refractivity contribution in [2.45, 2.75) is 0 Å². The maximum absolute atomic E-state index is 4.87. The largest absolute Gasteiger partial charge is 0.309 e. The summed E-state index contributed by atoms with van der Waals surface area (Å²) < 4.78 is 4.70. The van der Waals surface area contributed by atoms with Crippen molar-refractivity contribution in [1.29, 1.82) is 0 Å². The van der Waals surface area contributed by atoms with Crippen LogP contribution in [0, 0.1) is 0 Å². The number of hydrogen-bond acceptors (Lipinski definition) is 1. The standard InChI is InChI=1S/C47H31N3/c1-3-10-32(11-4-1)34-17-23-38(24-18-34)49-44-16-8-7-14-40(44)41-27-21-36(30-45(41)49)37-22-28-42-43-15-9-29-48-47(43)50(46(42)31-37)39-25-19-35(20-26-39)33-12-5-2-6-13-33/h1-31H. The zero-order valence-corrected chi connectivity index (χ0v) is 27.2. The summed E-state index contributed by atoms with van der Waals surface area (Å²) in [5, 5.41) is 4.84. The third kappa shape index (κ3) is 4.56. The second-order valence-electron chi connectivity index (χ2n) is 12.9. The molecule has 0 saturated heterocycles. The Bertz CT molecular complexity index is 2630. The molecular weight excluding hydrogens is 607 g/mol. The molecule has 10 aromatic rings. The molecule has 234 valence electrons. The Morgan fingerprint density at radius 1 is 0.300 bits per heavy atom. The first-order valence-corrected chi connectivity index (χ1v) is 17.0. The molecule has 0 N–H and O–H groups in total. The molecule has 7 aromatic carbocycles. The lowest BCUT2D eigenvalue weighted by Gasteiger charge is -2.11. The second kappa shape index (κ2) is 11.5. The SMILES string of the molecule is c1ccc(-c2ccc(-n3c4ccccc4c4ccc(-c5ccc6c7cccnc7n(-c7ccc(-c8ccccc8)cc7)c6c5)cc43)cc2)cc1. The fourth-order valence-electron chi connectivity index (χ4n) is 7.58. The van der Waals surface area contributed by atoms with Gasteiger partial charge < -0.3 is 4.57 Å². The van der Waals surface area contributed by atoms with Crippen LogP contribution in [0.25, 0.3) is 88.5 Å². The van der Waals surface area contributed by atoms with Crippen LogP contribution in [0.2, 0.25) is 0 Å². The lowest BCUT2D eigenvalue weighted by molar-refractivity contribution is 1.14. The molecular formula is C47H31N3. The molecule has 0 spiro atoms. The Morgan fingerprint density at radius 2 is 0.740 bits per heavy atom. The van der Waals surface area contributed by atoms with Gasteiger partial charge in [-0.05, 0) is 88.0 Å². The van der Waals surface area contributed by atoms with Crippen molar-refractivity contribution in [3.8, 4) is 44.8 Å². The van der Waals surface area contributed by atoms with Crippen LogP contribution in [0.1, 0.15) is 0 Å². The Balaban J connectivity index is 1.13. The van der Waals surface area contributed by atoms with Gasteiger partial charge in [0.1, 0.15) is 5.65 Å². The highest BCUT2D eigenvalue weighted by atomic mass is 15.0. The second-order valence-corrected chi connectivity index (χ2v) is 12.9. The van der Waals surface area contributed by atoms with Crippen LogP contribution in [0.4, 0.5) is 0 Å². The van der Waals surface area contributed by atoms with Crippen LogP contribution >= 0.6 is 0 Å². The van der Waals surface area contributed by atoms with Gasteiger partial charge in [0.05, 0.1) is 16.6 Å². The fraction of sp³-hybridized carbons (Fsp3) is 0. The van der Waals surface area contributed by atoms with Gasteiger partial charge in [-0.25, -0.2) is 4.98 Å². The van der Waals surface area contributed by atoms with Gasteiger partial charge in [0.25, 0.3) is 0 Å². The number of nitrogens with zero attached hydrogens (tertiary/aromatic N) is 3. The summed E-state index contributed by atoms with van der Waals surface area (Å²) in [5.74, 6) is 0. The number of fused-ring (bicyclic) bond motifs is 6. The minimum Gasteiger partial charge on any atom is -0.309 e. The van der Waals surface area contributed by atoms with Crippen molar-refractivity contribution in [1.82, 2.24) is 14.1 Å². The van der Waals surface area contributed by atoms with Gasteiger partial charge >= 0.3 is 0 Å². The predicted molar refractivity (Wildman–Crippen MR) is 209 cm³/mol. The van der Waals surface area contributed by atoms with E-state index in [2.05, 4.69) is 185 Å². The summed E-state index contributed by atoms with van der Waals surface area (Å²) in [5.41, 5.74) is 13.9. The molecule has 3 aromatic heterocycles. The van der Waals surface area contributed by atoms with Gasteiger partial charge in [-0.2, -0.15) is 0 Å². The van der Waals surface area contributed by atoms with Gasteiger partial charge in [-0.15, -0.1) is 0 Å².